The van der Waals surface area contributed by atoms with Crippen molar-refractivity contribution in [3.63, 3.8) is 0 Å². The lowest BCUT2D eigenvalue weighted by Gasteiger charge is -2.03. The molecule has 0 atom stereocenters. The molecule has 0 aromatic rings. The fourth-order valence-electron chi connectivity index (χ4n) is 1.19. The molecule has 0 nitrogen and oxygen atoms in total. The predicted octanol–water partition coefficient (Wildman–Crippen LogP) is 5.37. The highest BCUT2D eigenvalue weighted by atomic mass is 14.0. The quantitative estimate of drug-likeness (QED) is 0.554. The second-order valence-electron chi connectivity index (χ2n) is 4.29. The van der Waals surface area contributed by atoms with Crippen molar-refractivity contribution >= 4 is 0 Å². The molecule has 0 N–H and O–H groups in total. The Morgan fingerprint density at radius 1 is 0.812 bits per heavy atom. The molecule has 16 heavy (non-hydrogen) atoms. The van der Waals surface area contributed by atoms with Crippen LogP contribution in [-0.4, -0.2) is 0 Å². The summed E-state index contributed by atoms with van der Waals surface area (Å²) in [7, 11) is 0. The summed E-state index contributed by atoms with van der Waals surface area (Å²) in [5.74, 6) is 0. The molecular weight excluding hydrogens is 192 g/mol. The lowest BCUT2D eigenvalue weighted by Crippen LogP contribution is -1.83. The number of rotatable bonds is 4. The third-order valence-corrected chi connectivity index (χ3v) is 2.50. The van der Waals surface area contributed by atoms with E-state index in [-0.39, 0.29) is 0 Å². The Kier molecular flexibility index (Phi) is 7.28. The molecule has 0 heteroatoms. The van der Waals surface area contributed by atoms with E-state index in [1.54, 1.807) is 0 Å². The van der Waals surface area contributed by atoms with Crippen LogP contribution in [0.25, 0.3) is 0 Å². The first-order valence-electron chi connectivity index (χ1n) is 5.78. The third-order valence-electron chi connectivity index (χ3n) is 2.50. The number of allylic oxidation sites excluding steroid dienone is 10. The number of hydrogen-bond acceptors (Lipinski definition) is 0. The Balaban J connectivity index is 4.83. The summed E-state index contributed by atoms with van der Waals surface area (Å²) < 4.78 is 0. The van der Waals surface area contributed by atoms with E-state index in [0.29, 0.717) is 0 Å². The Hall–Kier alpha value is -1.30. The van der Waals surface area contributed by atoms with Crippen LogP contribution in [0, 0.1) is 0 Å². The van der Waals surface area contributed by atoms with Crippen LogP contribution in [0.15, 0.2) is 58.7 Å². The first kappa shape index (κ1) is 14.7. The first-order valence-corrected chi connectivity index (χ1v) is 5.78. The van der Waals surface area contributed by atoms with E-state index in [0.717, 1.165) is 0 Å². The lowest BCUT2D eigenvalue weighted by molar-refractivity contribution is 1.27. The highest BCUT2D eigenvalue weighted by Gasteiger charge is 1.94. The van der Waals surface area contributed by atoms with Gasteiger partial charge in [-0.3, -0.25) is 0 Å². The van der Waals surface area contributed by atoms with Gasteiger partial charge in [0, 0.05) is 0 Å². The molecule has 0 aliphatic heterocycles. The summed E-state index contributed by atoms with van der Waals surface area (Å²) in [6, 6.07) is 0. The maximum absolute atomic E-state index is 2.16. The van der Waals surface area contributed by atoms with Gasteiger partial charge < -0.3 is 0 Å². The highest BCUT2D eigenvalue weighted by molar-refractivity contribution is 5.38. The molecule has 0 aliphatic rings. The van der Waals surface area contributed by atoms with E-state index in [2.05, 4.69) is 65.0 Å². The van der Waals surface area contributed by atoms with Gasteiger partial charge in [-0.1, -0.05) is 42.0 Å². The van der Waals surface area contributed by atoms with Crippen LogP contribution in [-0.2, 0) is 0 Å². The summed E-state index contributed by atoms with van der Waals surface area (Å²) in [6.07, 6.45) is 12.7. The molecule has 88 valence electrons. The van der Waals surface area contributed by atoms with Crippen molar-refractivity contribution in [1.29, 1.82) is 0 Å². The van der Waals surface area contributed by atoms with Crippen LogP contribution in [0.5, 0.6) is 0 Å². The Morgan fingerprint density at radius 3 is 1.94 bits per heavy atom. The van der Waals surface area contributed by atoms with Crippen molar-refractivity contribution in [2.24, 2.45) is 0 Å². The van der Waals surface area contributed by atoms with Crippen molar-refractivity contribution < 1.29 is 0 Å². The lowest BCUT2D eigenvalue weighted by atomic mass is 10.0. The van der Waals surface area contributed by atoms with Crippen LogP contribution in [0.4, 0.5) is 0 Å². The Bertz CT molecular complexity index is 353. The van der Waals surface area contributed by atoms with E-state index in [1.807, 2.05) is 13.0 Å². The fourth-order valence-corrected chi connectivity index (χ4v) is 1.19. The van der Waals surface area contributed by atoms with Gasteiger partial charge >= 0.3 is 0 Å². The van der Waals surface area contributed by atoms with E-state index in [4.69, 9.17) is 0 Å². The average molecular weight is 216 g/mol. The van der Waals surface area contributed by atoms with Gasteiger partial charge in [0.25, 0.3) is 0 Å². The summed E-state index contributed by atoms with van der Waals surface area (Å²) in [5, 5.41) is 0. The van der Waals surface area contributed by atoms with Gasteiger partial charge in [0.15, 0.2) is 0 Å². The second-order valence-corrected chi connectivity index (χ2v) is 4.29. The van der Waals surface area contributed by atoms with Crippen LogP contribution in [0.3, 0.4) is 0 Å². The van der Waals surface area contributed by atoms with Gasteiger partial charge in [0.1, 0.15) is 0 Å². The molecular formula is C16H24. The summed E-state index contributed by atoms with van der Waals surface area (Å²) in [4.78, 5) is 0. The molecule has 0 aromatic carbocycles. The monoisotopic (exact) mass is 216 g/mol. The molecule has 0 aromatic heterocycles. The molecule has 0 saturated heterocycles. The minimum Gasteiger partial charge on any atom is -0.0877 e. The minimum atomic E-state index is 1.32. The summed E-state index contributed by atoms with van der Waals surface area (Å²) in [6.45, 7) is 12.7. The highest BCUT2D eigenvalue weighted by Crippen LogP contribution is 2.14. The fraction of sp³-hybridized carbons (Fsp3) is 0.375. The largest absolute Gasteiger partial charge is 0.0877 e. The number of hydrogen-bond donors (Lipinski definition) is 0. The summed E-state index contributed by atoms with van der Waals surface area (Å²) in [5.41, 5.74) is 5.30. The Morgan fingerprint density at radius 2 is 1.44 bits per heavy atom. The molecule has 0 aliphatic carbocycles. The van der Waals surface area contributed by atoms with Gasteiger partial charge in [-0.05, 0) is 58.3 Å². The molecule has 0 amide bonds. The van der Waals surface area contributed by atoms with Crippen LogP contribution < -0.4 is 0 Å². The van der Waals surface area contributed by atoms with E-state index >= 15 is 0 Å². The molecule has 0 bridgehead atoms. The zero-order valence-corrected chi connectivity index (χ0v) is 11.5. The predicted molar refractivity (Wildman–Crippen MR) is 75.5 cm³/mol. The van der Waals surface area contributed by atoms with Crippen molar-refractivity contribution in [3.8, 4) is 0 Å². The Labute approximate surface area is 101 Å². The molecule has 0 spiro atoms. The van der Waals surface area contributed by atoms with Gasteiger partial charge in [0.2, 0.25) is 0 Å². The van der Waals surface area contributed by atoms with E-state index in [1.165, 1.54) is 22.3 Å². The van der Waals surface area contributed by atoms with Crippen molar-refractivity contribution in [2.45, 2.75) is 41.5 Å². The minimum absolute atomic E-state index is 1.32. The SMILES string of the molecule is C\C=C/C=C(C)\C(C)=C(C)\C=C/C=C(C)C. The molecule has 0 unspecified atom stereocenters. The zero-order chi connectivity index (χ0) is 12.6. The maximum atomic E-state index is 2.16. The smallest absolute Gasteiger partial charge is 0.0392 e. The third kappa shape index (κ3) is 6.23. The van der Waals surface area contributed by atoms with Crippen molar-refractivity contribution in [2.75, 3.05) is 0 Å². The van der Waals surface area contributed by atoms with E-state index in [9.17, 15) is 0 Å². The summed E-state index contributed by atoms with van der Waals surface area (Å²) >= 11 is 0. The molecule has 0 heterocycles. The van der Waals surface area contributed by atoms with Gasteiger partial charge in [-0.25, -0.2) is 0 Å². The zero-order valence-electron chi connectivity index (χ0n) is 11.5. The van der Waals surface area contributed by atoms with Crippen LogP contribution in [0.2, 0.25) is 0 Å². The first-order chi connectivity index (χ1) is 7.49. The van der Waals surface area contributed by atoms with Crippen molar-refractivity contribution in [3.05, 3.63) is 58.7 Å². The average Bonchev–Trinajstić information content (AvgIpc) is 2.24. The van der Waals surface area contributed by atoms with Crippen LogP contribution >= 0.6 is 0 Å². The molecule has 0 rings (SSSR count). The second kappa shape index (κ2) is 7.92. The van der Waals surface area contributed by atoms with Gasteiger partial charge in [0.05, 0.1) is 0 Å². The standard InChI is InChI=1S/C16H24/c1-7-8-11-14(4)16(6)15(5)12-9-10-13(2)3/h7-12H,1-6H3/b8-7-,12-9-,14-11-,16-15+. The molecule has 0 fully saturated rings. The van der Waals surface area contributed by atoms with Gasteiger partial charge in [-0.15, -0.1) is 0 Å². The normalized spacial score (nSPS) is 14.5. The molecule has 0 radical (unpaired) electrons. The topological polar surface area (TPSA) is 0 Å². The maximum Gasteiger partial charge on any atom is -0.0392 e. The van der Waals surface area contributed by atoms with Crippen LogP contribution in [0.1, 0.15) is 41.5 Å². The van der Waals surface area contributed by atoms with Crippen molar-refractivity contribution in [1.82, 2.24) is 0 Å². The van der Waals surface area contributed by atoms with Gasteiger partial charge in [-0.2, -0.15) is 0 Å². The molecule has 0 saturated carbocycles. The van der Waals surface area contributed by atoms with E-state index < -0.39 is 0 Å².